The molecular formula is C22H25N5O7. The number of aliphatic hydroxyl groups is 1. The molecule has 2 aromatic carbocycles. The maximum Gasteiger partial charge on any atom is 0.361 e. The second-order valence-corrected chi connectivity index (χ2v) is 7.28. The molecule has 0 radical (unpaired) electrons. The molecule has 1 heterocycles. The summed E-state index contributed by atoms with van der Waals surface area (Å²) < 4.78 is 10.2. The van der Waals surface area contributed by atoms with Crippen LogP contribution >= 0.6 is 0 Å². The number of rotatable bonds is 9. The predicted molar refractivity (Wildman–Crippen MR) is 121 cm³/mol. The van der Waals surface area contributed by atoms with Crippen LogP contribution in [0.1, 0.15) is 25.0 Å². The lowest BCUT2D eigenvalue weighted by molar-refractivity contribution is -0.385. The molecule has 0 fully saturated rings. The highest BCUT2D eigenvalue weighted by Crippen LogP contribution is 2.28. The van der Waals surface area contributed by atoms with Crippen LogP contribution in [0.15, 0.2) is 54.0 Å². The van der Waals surface area contributed by atoms with Crippen molar-refractivity contribution in [3.8, 4) is 5.75 Å². The Morgan fingerprint density at radius 3 is 2.47 bits per heavy atom. The van der Waals surface area contributed by atoms with Gasteiger partial charge in [-0.1, -0.05) is 12.1 Å². The van der Waals surface area contributed by atoms with Crippen LogP contribution in [0.4, 0.5) is 11.4 Å². The van der Waals surface area contributed by atoms with E-state index < -0.39 is 10.9 Å². The molecule has 0 saturated heterocycles. The summed E-state index contributed by atoms with van der Waals surface area (Å²) in [6.45, 7) is 3.10. The average Bonchev–Trinajstić information content (AvgIpc) is 3.10. The highest BCUT2D eigenvalue weighted by atomic mass is 16.6. The van der Waals surface area contributed by atoms with Gasteiger partial charge in [0.2, 0.25) is 11.8 Å². The first kappa shape index (κ1) is 24.3. The van der Waals surface area contributed by atoms with Crippen LogP contribution in [0.2, 0.25) is 0 Å². The molecule has 180 valence electrons. The van der Waals surface area contributed by atoms with Crippen molar-refractivity contribution >= 4 is 23.3 Å². The summed E-state index contributed by atoms with van der Waals surface area (Å²) in [5.74, 6) is -0.853. The van der Waals surface area contributed by atoms with Gasteiger partial charge in [0.25, 0.3) is 5.69 Å². The average molecular weight is 471 g/mol. The number of carbonyl (C=O) groups is 2. The lowest BCUT2D eigenvalue weighted by Crippen LogP contribution is -2.43. The predicted octanol–water partition coefficient (Wildman–Crippen LogP) is 2.59. The van der Waals surface area contributed by atoms with Crippen molar-refractivity contribution in [3.05, 3.63) is 75.3 Å². The number of nitrogens with one attached hydrogen (secondary N) is 2. The smallest absolute Gasteiger partial charge is 0.361 e. The van der Waals surface area contributed by atoms with Gasteiger partial charge >= 0.3 is 5.97 Å². The number of methoxy groups -OCH3 is 1. The first-order chi connectivity index (χ1) is 16.2. The first-order valence-corrected chi connectivity index (χ1v) is 10.3. The molecule has 0 saturated carbocycles. The van der Waals surface area contributed by atoms with Gasteiger partial charge in [0.15, 0.2) is 5.70 Å². The second kappa shape index (κ2) is 10.5. The molecule has 3 N–H and O–H groups in total. The Kier molecular flexibility index (Phi) is 7.53. The lowest BCUT2D eigenvalue weighted by atomic mass is 10.1. The number of amides is 1. The van der Waals surface area contributed by atoms with Crippen LogP contribution in [-0.2, 0) is 27.4 Å². The summed E-state index contributed by atoms with van der Waals surface area (Å²) in [6, 6.07) is 11.4. The van der Waals surface area contributed by atoms with E-state index in [-0.39, 0.29) is 54.1 Å². The number of anilines is 1. The number of nitro benzene ring substituents is 1. The van der Waals surface area contributed by atoms with E-state index in [9.17, 15) is 24.8 Å². The minimum atomic E-state index is -0.766. The maximum atomic E-state index is 12.3. The van der Waals surface area contributed by atoms with E-state index in [0.29, 0.717) is 5.75 Å². The zero-order chi connectivity index (χ0) is 24.8. The summed E-state index contributed by atoms with van der Waals surface area (Å²) >= 11 is 0. The highest BCUT2D eigenvalue weighted by molar-refractivity contribution is 5.89. The zero-order valence-corrected chi connectivity index (χ0v) is 18.9. The van der Waals surface area contributed by atoms with Crippen molar-refractivity contribution in [3.63, 3.8) is 0 Å². The molecule has 0 aliphatic carbocycles. The Bertz CT molecular complexity index is 1120. The van der Waals surface area contributed by atoms with Gasteiger partial charge in [0.05, 0.1) is 31.7 Å². The molecule has 0 bridgehead atoms. The van der Waals surface area contributed by atoms with Gasteiger partial charge in [0.1, 0.15) is 5.75 Å². The maximum absolute atomic E-state index is 12.3. The Morgan fingerprint density at radius 2 is 1.88 bits per heavy atom. The molecule has 3 rings (SSSR count). The van der Waals surface area contributed by atoms with Crippen LogP contribution in [0.25, 0.3) is 0 Å². The largest absolute Gasteiger partial charge is 0.497 e. The molecule has 1 aliphatic rings. The van der Waals surface area contributed by atoms with Gasteiger partial charge in [-0.25, -0.2) is 4.79 Å². The van der Waals surface area contributed by atoms with Crippen molar-refractivity contribution < 1.29 is 29.1 Å². The van der Waals surface area contributed by atoms with Gasteiger partial charge in [-0.3, -0.25) is 25.3 Å². The Balaban J connectivity index is 1.92. The van der Waals surface area contributed by atoms with E-state index in [4.69, 9.17) is 9.47 Å². The van der Waals surface area contributed by atoms with Crippen LogP contribution in [-0.4, -0.2) is 45.7 Å². The van der Waals surface area contributed by atoms with Crippen molar-refractivity contribution in [1.29, 1.82) is 0 Å². The fourth-order valence-electron chi connectivity index (χ4n) is 3.32. The van der Waals surface area contributed by atoms with Gasteiger partial charge in [-0.05, 0) is 36.8 Å². The van der Waals surface area contributed by atoms with E-state index in [1.165, 1.54) is 35.2 Å². The molecule has 0 spiro atoms. The number of nitrogens with zero attached hydrogens (tertiary/aromatic N) is 3. The third-order valence-corrected chi connectivity index (χ3v) is 4.89. The highest BCUT2D eigenvalue weighted by Gasteiger charge is 2.35. The number of nitro groups is 1. The SMILES string of the molecule is CCOC(=O)C1=C(O)N(Cc2ccc(OC)cc2)N(Cc2ccc(NC(C)=O)cc2[N+](=O)[O-])N1. The monoisotopic (exact) mass is 471 g/mol. The van der Waals surface area contributed by atoms with Crippen molar-refractivity contribution in [2.24, 2.45) is 0 Å². The van der Waals surface area contributed by atoms with Crippen LogP contribution < -0.4 is 15.5 Å². The number of hydrazine groups is 2. The number of esters is 1. The summed E-state index contributed by atoms with van der Waals surface area (Å²) in [5, 5.41) is 27.7. The number of aliphatic hydroxyl groups excluding tert-OH is 1. The van der Waals surface area contributed by atoms with E-state index in [1.54, 1.807) is 38.3 Å². The molecule has 2 aromatic rings. The standard InChI is InChI=1S/C22H25N5O7/c1-4-34-22(30)20-21(29)25(12-15-5-9-18(33-3)10-6-15)26(24-20)13-16-7-8-17(23-14(2)28)11-19(16)27(31)32/h5-11,24,29H,4,12-13H2,1-3H3,(H,23,28). The number of ether oxygens (including phenoxy) is 2. The molecule has 0 atom stereocenters. The molecule has 12 heteroatoms. The lowest BCUT2D eigenvalue weighted by Gasteiger charge is -2.29. The second-order valence-electron chi connectivity index (χ2n) is 7.28. The quantitative estimate of drug-likeness (QED) is 0.283. The Hall–Kier alpha value is -4.32. The summed E-state index contributed by atoms with van der Waals surface area (Å²) in [7, 11) is 1.55. The normalized spacial score (nSPS) is 13.4. The van der Waals surface area contributed by atoms with Crippen molar-refractivity contribution in [2.45, 2.75) is 26.9 Å². The van der Waals surface area contributed by atoms with Crippen molar-refractivity contribution in [1.82, 2.24) is 15.6 Å². The number of hydrogen-bond donors (Lipinski definition) is 3. The number of benzene rings is 2. The van der Waals surface area contributed by atoms with Gasteiger partial charge in [-0.15, -0.1) is 5.12 Å². The third-order valence-electron chi connectivity index (χ3n) is 4.89. The van der Waals surface area contributed by atoms with Gasteiger partial charge in [0, 0.05) is 24.2 Å². The van der Waals surface area contributed by atoms with Crippen LogP contribution in [0.3, 0.4) is 0 Å². The summed E-state index contributed by atoms with van der Waals surface area (Å²) in [5.41, 5.74) is 3.69. The summed E-state index contributed by atoms with van der Waals surface area (Å²) in [6.07, 6.45) is 0. The van der Waals surface area contributed by atoms with Crippen LogP contribution in [0, 0.1) is 10.1 Å². The van der Waals surface area contributed by atoms with E-state index in [0.717, 1.165) is 5.56 Å². The molecule has 1 amide bonds. The number of hydrogen-bond acceptors (Lipinski definition) is 10. The molecule has 0 aromatic heterocycles. The Labute approximate surface area is 195 Å². The number of carbonyl (C=O) groups excluding carboxylic acids is 2. The van der Waals surface area contributed by atoms with E-state index in [1.807, 2.05) is 0 Å². The minimum absolute atomic E-state index is 0.0835. The van der Waals surface area contributed by atoms with Gasteiger partial charge in [-0.2, -0.15) is 0 Å². The topological polar surface area (TPSA) is 147 Å². The third kappa shape index (κ3) is 5.53. The van der Waals surface area contributed by atoms with E-state index >= 15 is 0 Å². The van der Waals surface area contributed by atoms with Gasteiger partial charge < -0.3 is 19.9 Å². The zero-order valence-electron chi connectivity index (χ0n) is 18.9. The molecular weight excluding hydrogens is 446 g/mol. The molecule has 34 heavy (non-hydrogen) atoms. The molecule has 0 unspecified atom stereocenters. The van der Waals surface area contributed by atoms with Crippen LogP contribution in [0.5, 0.6) is 5.75 Å². The fraction of sp³-hybridized carbons (Fsp3) is 0.273. The van der Waals surface area contributed by atoms with E-state index in [2.05, 4.69) is 10.7 Å². The molecule has 1 aliphatic heterocycles. The molecule has 12 nitrogen and oxygen atoms in total. The first-order valence-electron chi connectivity index (χ1n) is 10.3. The fourth-order valence-corrected chi connectivity index (χ4v) is 3.32. The minimum Gasteiger partial charge on any atom is -0.497 e. The Morgan fingerprint density at radius 1 is 1.18 bits per heavy atom. The summed E-state index contributed by atoms with van der Waals surface area (Å²) in [4.78, 5) is 34.8. The van der Waals surface area contributed by atoms with Crippen molar-refractivity contribution in [2.75, 3.05) is 19.0 Å².